The molecule has 1 aromatic rings. The van der Waals surface area contributed by atoms with Gasteiger partial charge in [0, 0.05) is 19.5 Å². The largest absolute Gasteiger partial charge is 0.497 e. The van der Waals surface area contributed by atoms with Crippen LogP contribution in [0.1, 0.15) is 31.2 Å². The van der Waals surface area contributed by atoms with Gasteiger partial charge in [-0.25, -0.2) is 0 Å². The van der Waals surface area contributed by atoms with E-state index >= 15 is 0 Å². The van der Waals surface area contributed by atoms with Crippen molar-refractivity contribution >= 4 is 11.6 Å². The van der Waals surface area contributed by atoms with Crippen LogP contribution in [0.3, 0.4) is 0 Å². The lowest BCUT2D eigenvalue weighted by Crippen LogP contribution is -2.42. The van der Waals surface area contributed by atoms with Crippen LogP contribution in [0.5, 0.6) is 5.75 Å². The van der Waals surface area contributed by atoms with Crippen molar-refractivity contribution in [1.29, 1.82) is 0 Å². The van der Waals surface area contributed by atoms with Gasteiger partial charge in [-0.15, -0.1) is 0 Å². The van der Waals surface area contributed by atoms with Crippen molar-refractivity contribution < 1.29 is 14.4 Å². The fourth-order valence-corrected chi connectivity index (χ4v) is 2.78. The Kier molecular flexibility index (Phi) is 4.08. The van der Waals surface area contributed by atoms with Gasteiger partial charge >= 0.3 is 0 Å². The van der Waals surface area contributed by atoms with Gasteiger partial charge in [-0.05, 0) is 49.1 Å². The molecule has 0 radical (unpaired) electrons. The molecule has 2 aliphatic heterocycles. The zero-order chi connectivity index (χ0) is 14.7. The summed E-state index contributed by atoms with van der Waals surface area (Å²) in [5, 5.41) is 4.09. The minimum absolute atomic E-state index is 0.0713. The minimum atomic E-state index is -0.458. The average Bonchev–Trinajstić information content (AvgIpc) is 3.05. The lowest BCUT2D eigenvalue weighted by Gasteiger charge is -2.28. The number of ether oxygens (including phenoxy) is 1. The normalized spacial score (nSPS) is 21.7. The fourth-order valence-electron chi connectivity index (χ4n) is 2.78. The molecule has 21 heavy (non-hydrogen) atoms. The summed E-state index contributed by atoms with van der Waals surface area (Å²) < 4.78 is 5.14. The van der Waals surface area contributed by atoms with Crippen molar-refractivity contribution in [1.82, 2.24) is 4.90 Å². The summed E-state index contributed by atoms with van der Waals surface area (Å²) in [6, 6.07) is 7.65. The number of carbonyl (C=O) groups is 1. The molecule has 1 aromatic carbocycles. The molecule has 1 saturated heterocycles. The highest BCUT2D eigenvalue weighted by atomic mass is 16.6. The van der Waals surface area contributed by atoms with Gasteiger partial charge in [0.15, 0.2) is 0 Å². The summed E-state index contributed by atoms with van der Waals surface area (Å²) in [5.41, 5.74) is 1.80. The maximum Gasteiger partial charge on any atom is 0.266 e. The molecule has 0 N–H and O–H groups in total. The maximum atomic E-state index is 12.4. The zero-order valence-corrected chi connectivity index (χ0v) is 12.2. The Bertz CT molecular complexity index is 533. The first kappa shape index (κ1) is 13.9. The first-order valence-electron chi connectivity index (χ1n) is 7.44. The highest BCUT2D eigenvalue weighted by Gasteiger charge is 2.32. The molecule has 112 valence electrons. The van der Waals surface area contributed by atoms with Gasteiger partial charge in [0.1, 0.15) is 5.75 Å². The number of likely N-dealkylation sites (tertiary alicyclic amines) is 1. The molecule has 2 heterocycles. The second-order valence-electron chi connectivity index (χ2n) is 5.45. The molecule has 0 bridgehead atoms. The molecule has 1 atom stereocenters. The molecular formula is C16H20N2O3. The first-order chi connectivity index (χ1) is 10.3. The van der Waals surface area contributed by atoms with Crippen LogP contribution in [0.2, 0.25) is 0 Å². The Labute approximate surface area is 124 Å². The molecule has 5 nitrogen and oxygen atoms in total. The Morgan fingerprint density at radius 1 is 1.24 bits per heavy atom. The fraction of sp³-hybridized carbons (Fsp3) is 0.500. The summed E-state index contributed by atoms with van der Waals surface area (Å²) >= 11 is 0. The quantitative estimate of drug-likeness (QED) is 0.856. The van der Waals surface area contributed by atoms with Crippen LogP contribution in [0.4, 0.5) is 0 Å². The van der Waals surface area contributed by atoms with Crippen LogP contribution >= 0.6 is 0 Å². The van der Waals surface area contributed by atoms with E-state index in [9.17, 15) is 4.79 Å². The van der Waals surface area contributed by atoms with Crippen molar-refractivity contribution in [2.24, 2.45) is 5.16 Å². The molecule has 0 aromatic heterocycles. The van der Waals surface area contributed by atoms with Crippen molar-refractivity contribution in [3.63, 3.8) is 0 Å². The Morgan fingerprint density at radius 2 is 1.95 bits per heavy atom. The van der Waals surface area contributed by atoms with Crippen LogP contribution in [-0.2, 0) is 9.63 Å². The lowest BCUT2D eigenvalue weighted by molar-refractivity contribution is -0.143. The van der Waals surface area contributed by atoms with Crippen LogP contribution in [0.25, 0.3) is 0 Å². The van der Waals surface area contributed by atoms with E-state index in [0.717, 1.165) is 43.0 Å². The van der Waals surface area contributed by atoms with Crippen molar-refractivity contribution in [2.75, 3.05) is 20.2 Å². The van der Waals surface area contributed by atoms with Gasteiger partial charge in [-0.1, -0.05) is 5.16 Å². The summed E-state index contributed by atoms with van der Waals surface area (Å²) in [5.74, 6) is 0.876. The smallest absolute Gasteiger partial charge is 0.266 e. The van der Waals surface area contributed by atoms with Crippen LogP contribution in [0, 0.1) is 0 Å². The predicted octanol–water partition coefficient (Wildman–Crippen LogP) is 2.20. The van der Waals surface area contributed by atoms with Gasteiger partial charge < -0.3 is 14.5 Å². The van der Waals surface area contributed by atoms with E-state index in [1.807, 2.05) is 29.2 Å². The van der Waals surface area contributed by atoms with E-state index in [4.69, 9.17) is 9.57 Å². The van der Waals surface area contributed by atoms with E-state index < -0.39 is 6.10 Å². The van der Waals surface area contributed by atoms with Gasteiger partial charge in [0.25, 0.3) is 5.91 Å². The number of nitrogens with zero attached hydrogens (tertiary/aromatic N) is 2. The van der Waals surface area contributed by atoms with Crippen molar-refractivity contribution in [3.8, 4) is 5.75 Å². The summed E-state index contributed by atoms with van der Waals surface area (Å²) in [6.07, 6.45) is 3.47. The number of benzene rings is 1. The van der Waals surface area contributed by atoms with Crippen LogP contribution < -0.4 is 4.74 Å². The number of carbonyl (C=O) groups excluding carboxylic acids is 1. The molecule has 2 aliphatic rings. The number of methoxy groups -OCH3 is 1. The molecule has 0 spiro atoms. The third kappa shape index (κ3) is 3.01. The monoisotopic (exact) mass is 288 g/mol. The molecule has 0 unspecified atom stereocenters. The molecule has 0 saturated carbocycles. The summed E-state index contributed by atoms with van der Waals surface area (Å²) in [4.78, 5) is 19.6. The molecule has 1 fully saturated rings. The second kappa shape index (κ2) is 6.16. The Balaban J connectivity index is 1.62. The summed E-state index contributed by atoms with van der Waals surface area (Å²) in [6.45, 7) is 1.69. The first-order valence-corrected chi connectivity index (χ1v) is 7.44. The summed E-state index contributed by atoms with van der Waals surface area (Å²) in [7, 11) is 1.64. The molecule has 3 rings (SSSR count). The average molecular weight is 288 g/mol. The second-order valence-corrected chi connectivity index (χ2v) is 5.45. The van der Waals surface area contributed by atoms with Gasteiger partial charge in [-0.3, -0.25) is 4.79 Å². The number of amides is 1. The number of piperidine rings is 1. The Hall–Kier alpha value is -2.04. The lowest BCUT2D eigenvalue weighted by atomic mass is 10.0. The van der Waals surface area contributed by atoms with E-state index in [-0.39, 0.29) is 5.91 Å². The molecular weight excluding hydrogens is 268 g/mol. The van der Waals surface area contributed by atoms with Crippen LogP contribution in [0.15, 0.2) is 29.4 Å². The van der Waals surface area contributed by atoms with Crippen molar-refractivity contribution in [3.05, 3.63) is 29.8 Å². The molecule has 0 aliphatic carbocycles. The van der Waals surface area contributed by atoms with Gasteiger partial charge in [0.05, 0.1) is 12.8 Å². The van der Waals surface area contributed by atoms with Gasteiger partial charge in [0.2, 0.25) is 6.10 Å². The van der Waals surface area contributed by atoms with E-state index in [0.29, 0.717) is 6.42 Å². The van der Waals surface area contributed by atoms with Crippen LogP contribution in [-0.4, -0.2) is 42.8 Å². The van der Waals surface area contributed by atoms with E-state index in [1.54, 1.807) is 7.11 Å². The number of rotatable bonds is 3. The molecule has 5 heteroatoms. The Morgan fingerprint density at radius 3 is 2.62 bits per heavy atom. The van der Waals surface area contributed by atoms with Crippen molar-refractivity contribution in [2.45, 2.75) is 31.8 Å². The van der Waals surface area contributed by atoms with E-state index in [1.165, 1.54) is 6.42 Å². The highest BCUT2D eigenvalue weighted by Crippen LogP contribution is 2.21. The van der Waals surface area contributed by atoms with Gasteiger partial charge in [-0.2, -0.15) is 0 Å². The number of oxime groups is 1. The number of hydrogen-bond acceptors (Lipinski definition) is 4. The standard InChI is InChI=1S/C16H20N2O3/c1-20-13-7-5-12(6-8-13)14-11-15(21-17-14)16(19)18-9-3-2-4-10-18/h5-8,15H,2-4,9-11H2,1H3/t15-/m0/s1. The molecule has 1 amide bonds. The van der Waals surface area contributed by atoms with E-state index in [2.05, 4.69) is 5.16 Å². The maximum absolute atomic E-state index is 12.4. The topological polar surface area (TPSA) is 51.1 Å². The SMILES string of the molecule is COc1ccc(C2=NO[C@H](C(=O)N3CCCCC3)C2)cc1. The number of hydrogen-bond donors (Lipinski definition) is 0. The third-order valence-corrected chi connectivity index (χ3v) is 4.04. The highest BCUT2D eigenvalue weighted by molar-refractivity contribution is 6.04. The predicted molar refractivity (Wildman–Crippen MR) is 79.5 cm³/mol. The third-order valence-electron chi connectivity index (χ3n) is 4.04. The minimum Gasteiger partial charge on any atom is -0.497 e. The zero-order valence-electron chi connectivity index (χ0n) is 12.2.